The van der Waals surface area contributed by atoms with Crippen LogP contribution in [0, 0.1) is 0 Å². The third kappa shape index (κ3) is 3.81. The van der Waals surface area contributed by atoms with E-state index in [0.29, 0.717) is 17.7 Å². The third-order valence-electron chi connectivity index (χ3n) is 3.36. The predicted octanol–water partition coefficient (Wildman–Crippen LogP) is 1.74. The fourth-order valence-corrected chi connectivity index (χ4v) is 2.43. The van der Waals surface area contributed by atoms with Gasteiger partial charge in [0.1, 0.15) is 6.54 Å². The van der Waals surface area contributed by atoms with Crippen molar-refractivity contribution >= 4 is 17.6 Å². The summed E-state index contributed by atoms with van der Waals surface area (Å²) in [6, 6.07) is 0.419. The monoisotopic (exact) mass is 264 g/mol. The molecule has 1 fully saturated rings. The quantitative estimate of drug-likeness (QED) is 0.843. The summed E-state index contributed by atoms with van der Waals surface area (Å²) in [5.74, 6) is 0.394. The molecule has 0 radical (unpaired) electrons. The van der Waals surface area contributed by atoms with Crippen LogP contribution in [0.4, 0.5) is 11.6 Å². The maximum Gasteiger partial charge on any atom is 0.323 e. The van der Waals surface area contributed by atoms with Crippen LogP contribution >= 0.6 is 0 Å². The lowest BCUT2D eigenvalue weighted by molar-refractivity contribution is -0.135. The molecule has 0 saturated heterocycles. The second-order valence-electron chi connectivity index (χ2n) is 4.96. The minimum atomic E-state index is -0.878. The molecular formula is C13H20N4O2. The molecule has 0 spiro atoms. The van der Waals surface area contributed by atoms with Gasteiger partial charge in [0.2, 0.25) is 0 Å². The van der Waals surface area contributed by atoms with E-state index >= 15 is 0 Å². The molecule has 1 aliphatic carbocycles. The zero-order chi connectivity index (χ0) is 13.7. The van der Waals surface area contributed by atoms with Crippen LogP contribution in [0.25, 0.3) is 0 Å². The maximum atomic E-state index is 10.8. The van der Waals surface area contributed by atoms with E-state index < -0.39 is 5.97 Å². The topological polar surface area (TPSA) is 78.4 Å². The minimum Gasteiger partial charge on any atom is -0.480 e. The predicted molar refractivity (Wildman–Crippen MR) is 73.4 cm³/mol. The highest BCUT2D eigenvalue weighted by Gasteiger charge is 2.18. The van der Waals surface area contributed by atoms with Gasteiger partial charge in [-0.25, -0.2) is 9.97 Å². The van der Waals surface area contributed by atoms with Crippen molar-refractivity contribution in [3.05, 3.63) is 12.4 Å². The number of carboxylic acid groups (broad SMARTS) is 1. The lowest BCUT2D eigenvalue weighted by Crippen LogP contribution is -2.29. The summed E-state index contributed by atoms with van der Waals surface area (Å²) >= 11 is 0. The molecule has 2 rings (SSSR count). The Bertz CT molecular complexity index is 432. The molecule has 104 valence electrons. The summed E-state index contributed by atoms with van der Waals surface area (Å²) in [6.07, 6.45) is 9.25. The maximum absolute atomic E-state index is 10.8. The highest BCUT2D eigenvalue weighted by atomic mass is 16.4. The van der Waals surface area contributed by atoms with Crippen LogP contribution in [0.1, 0.15) is 32.1 Å². The van der Waals surface area contributed by atoms with Gasteiger partial charge in [0, 0.05) is 25.5 Å². The van der Waals surface area contributed by atoms with E-state index in [9.17, 15) is 4.79 Å². The number of likely N-dealkylation sites (N-methyl/N-ethyl adjacent to an activating group) is 1. The average molecular weight is 264 g/mol. The molecule has 1 aliphatic rings. The first-order valence-electron chi connectivity index (χ1n) is 6.67. The second kappa shape index (κ2) is 6.36. The number of carboxylic acids is 1. The van der Waals surface area contributed by atoms with Gasteiger partial charge in [-0.05, 0) is 12.8 Å². The number of nitrogens with one attached hydrogen (secondary N) is 1. The van der Waals surface area contributed by atoms with E-state index in [0.717, 1.165) is 12.8 Å². The summed E-state index contributed by atoms with van der Waals surface area (Å²) in [6.45, 7) is -0.0853. The molecule has 0 bridgehead atoms. The van der Waals surface area contributed by atoms with Gasteiger partial charge in [-0.3, -0.25) is 4.79 Å². The van der Waals surface area contributed by atoms with Crippen molar-refractivity contribution in [2.24, 2.45) is 0 Å². The molecule has 2 N–H and O–H groups in total. The molecule has 1 saturated carbocycles. The molecule has 0 amide bonds. The summed E-state index contributed by atoms with van der Waals surface area (Å²) in [5, 5.41) is 12.2. The van der Waals surface area contributed by atoms with Gasteiger partial charge in [-0.2, -0.15) is 0 Å². The Hall–Kier alpha value is -1.85. The summed E-state index contributed by atoms with van der Waals surface area (Å²) in [4.78, 5) is 20.9. The van der Waals surface area contributed by atoms with Crippen molar-refractivity contribution in [2.45, 2.75) is 38.1 Å². The van der Waals surface area contributed by atoms with Gasteiger partial charge < -0.3 is 15.3 Å². The van der Waals surface area contributed by atoms with Crippen LogP contribution in [-0.2, 0) is 4.79 Å². The van der Waals surface area contributed by atoms with Crippen LogP contribution in [0.5, 0.6) is 0 Å². The standard InChI is InChI=1S/C13H20N4O2/c1-17(9-11(18)19)13-12(14-7-8-15-13)16-10-5-3-2-4-6-10/h7-8,10H,2-6,9H2,1H3,(H,14,16)(H,18,19). The lowest BCUT2D eigenvalue weighted by atomic mass is 9.95. The normalized spacial score (nSPS) is 16.1. The molecule has 1 heterocycles. The zero-order valence-electron chi connectivity index (χ0n) is 11.2. The van der Waals surface area contributed by atoms with Crippen molar-refractivity contribution < 1.29 is 9.90 Å². The number of anilines is 2. The van der Waals surface area contributed by atoms with Crippen LogP contribution in [0.2, 0.25) is 0 Å². The fourth-order valence-electron chi connectivity index (χ4n) is 2.43. The minimum absolute atomic E-state index is 0.0853. The van der Waals surface area contributed by atoms with Crippen LogP contribution in [0.3, 0.4) is 0 Å². The van der Waals surface area contributed by atoms with E-state index in [1.807, 2.05) is 0 Å². The molecule has 1 aromatic heterocycles. The lowest BCUT2D eigenvalue weighted by Gasteiger charge is -2.25. The van der Waals surface area contributed by atoms with Gasteiger partial charge in [0.25, 0.3) is 0 Å². The van der Waals surface area contributed by atoms with Gasteiger partial charge in [-0.15, -0.1) is 0 Å². The third-order valence-corrected chi connectivity index (χ3v) is 3.36. The highest BCUT2D eigenvalue weighted by molar-refractivity contribution is 5.75. The molecule has 0 aromatic carbocycles. The second-order valence-corrected chi connectivity index (χ2v) is 4.96. The number of carbonyl (C=O) groups is 1. The molecule has 0 atom stereocenters. The van der Waals surface area contributed by atoms with Gasteiger partial charge in [0.15, 0.2) is 11.6 Å². The fraction of sp³-hybridized carbons (Fsp3) is 0.615. The Morgan fingerprint density at radius 2 is 2.05 bits per heavy atom. The van der Waals surface area contributed by atoms with Crippen molar-refractivity contribution in [3.63, 3.8) is 0 Å². The van der Waals surface area contributed by atoms with E-state index in [1.54, 1.807) is 24.3 Å². The first-order chi connectivity index (χ1) is 9.16. The number of hydrogen-bond donors (Lipinski definition) is 2. The van der Waals surface area contributed by atoms with E-state index in [1.165, 1.54) is 19.3 Å². The Labute approximate surface area is 112 Å². The zero-order valence-corrected chi connectivity index (χ0v) is 11.2. The number of hydrogen-bond acceptors (Lipinski definition) is 5. The molecule has 0 aliphatic heterocycles. The molecular weight excluding hydrogens is 244 g/mol. The number of nitrogens with zero attached hydrogens (tertiary/aromatic N) is 3. The van der Waals surface area contributed by atoms with Crippen LogP contribution < -0.4 is 10.2 Å². The molecule has 1 aromatic rings. The Kier molecular flexibility index (Phi) is 4.54. The molecule has 0 unspecified atom stereocenters. The number of aliphatic carboxylic acids is 1. The number of aromatic nitrogens is 2. The Morgan fingerprint density at radius 3 is 2.74 bits per heavy atom. The van der Waals surface area contributed by atoms with E-state index in [-0.39, 0.29) is 6.54 Å². The summed E-state index contributed by atoms with van der Waals surface area (Å²) in [7, 11) is 1.71. The van der Waals surface area contributed by atoms with Gasteiger partial charge in [-0.1, -0.05) is 19.3 Å². The van der Waals surface area contributed by atoms with Crippen LogP contribution in [0.15, 0.2) is 12.4 Å². The van der Waals surface area contributed by atoms with Gasteiger partial charge >= 0.3 is 5.97 Å². The molecule has 6 nitrogen and oxygen atoms in total. The Balaban J connectivity index is 2.08. The highest BCUT2D eigenvalue weighted by Crippen LogP contribution is 2.25. The van der Waals surface area contributed by atoms with Gasteiger partial charge in [0.05, 0.1) is 0 Å². The van der Waals surface area contributed by atoms with Crippen molar-refractivity contribution in [1.82, 2.24) is 9.97 Å². The van der Waals surface area contributed by atoms with E-state index in [2.05, 4.69) is 15.3 Å². The SMILES string of the molecule is CN(CC(=O)O)c1nccnc1NC1CCCCC1. The van der Waals surface area contributed by atoms with Crippen molar-refractivity contribution in [3.8, 4) is 0 Å². The largest absolute Gasteiger partial charge is 0.480 e. The van der Waals surface area contributed by atoms with E-state index in [4.69, 9.17) is 5.11 Å². The molecule has 6 heteroatoms. The first kappa shape index (κ1) is 13.6. The smallest absolute Gasteiger partial charge is 0.323 e. The molecule has 19 heavy (non-hydrogen) atoms. The van der Waals surface area contributed by atoms with Crippen molar-refractivity contribution in [1.29, 1.82) is 0 Å². The van der Waals surface area contributed by atoms with Crippen LogP contribution in [-0.4, -0.2) is 40.7 Å². The average Bonchev–Trinajstić information content (AvgIpc) is 2.39. The summed E-state index contributed by atoms with van der Waals surface area (Å²) < 4.78 is 0. The Morgan fingerprint density at radius 1 is 1.37 bits per heavy atom. The summed E-state index contributed by atoms with van der Waals surface area (Å²) in [5.41, 5.74) is 0. The number of rotatable bonds is 5. The first-order valence-corrected chi connectivity index (χ1v) is 6.67. The van der Waals surface area contributed by atoms with Crippen molar-refractivity contribution in [2.75, 3.05) is 23.8 Å².